The fraction of sp³-hybridized carbons (Fsp3) is 0.316. The SMILES string of the molecule is CCCCCCOc1ccc(NS(=O)(=O)c2ccc(Cl)c(C(=O)O)c2)cc1. The van der Waals surface area contributed by atoms with E-state index in [9.17, 15) is 13.2 Å². The quantitative estimate of drug-likeness (QED) is 0.548. The van der Waals surface area contributed by atoms with Crippen molar-refractivity contribution in [3.05, 3.63) is 53.1 Å². The topological polar surface area (TPSA) is 92.7 Å². The van der Waals surface area contributed by atoms with Crippen LogP contribution in [0.15, 0.2) is 47.4 Å². The maximum absolute atomic E-state index is 12.5. The van der Waals surface area contributed by atoms with Crippen LogP contribution < -0.4 is 9.46 Å². The van der Waals surface area contributed by atoms with Crippen molar-refractivity contribution in [3.63, 3.8) is 0 Å². The molecule has 0 atom stereocenters. The number of hydrogen-bond acceptors (Lipinski definition) is 4. The predicted octanol–water partition coefficient (Wildman–Crippen LogP) is 4.80. The lowest BCUT2D eigenvalue weighted by molar-refractivity contribution is 0.0697. The van der Waals surface area contributed by atoms with E-state index >= 15 is 0 Å². The van der Waals surface area contributed by atoms with Gasteiger partial charge in [-0.05, 0) is 48.9 Å². The van der Waals surface area contributed by atoms with Crippen LogP contribution in [0.3, 0.4) is 0 Å². The van der Waals surface area contributed by atoms with Gasteiger partial charge in [-0.1, -0.05) is 37.8 Å². The normalized spacial score (nSPS) is 11.2. The maximum Gasteiger partial charge on any atom is 0.337 e. The first-order valence-electron chi connectivity index (χ1n) is 8.62. The molecule has 0 unspecified atom stereocenters. The number of sulfonamides is 1. The van der Waals surface area contributed by atoms with Crippen molar-refractivity contribution in [1.29, 1.82) is 0 Å². The van der Waals surface area contributed by atoms with Gasteiger partial charge in [-0.3, -0.25) is 4.72 Å². The Balaban J connectivity index is 2.03. The van der Waals surface area contributed by atoms with Crippen LogP contribution in [-0.4, -0.2) is 26.1 Å². The molecule has 0 aromatic heterocycles. The van der Waals surface area contributed by atoms with Gasteiger partial charge in [-0.15, -0.1) is 0 Å². The summed E-state index contributed by atoms with van der Waals surface area (Å²) in [6.45, 7) is 2.76. The molecular formula is C19H22ClNO5S. The molecule has 0 bridgehead atoms. The Labute approximate surface area is 164 Å². The van der Waals surface area contributed by atoms with Gasteiger partial charge in [0.1, 0.15) is 5.75 Å². The number of aromatic carboxylic acids is 1. The van der Waals surface area contributed by atoms with Gasteiger partial charge in [-0.25, -0.2) is 13.2 Å². The minimum absolute atomic E-state index is 0.0260. The van der Waals surface area contributed by atoms with E-state index in [1.54, 1.807) is 24.3 Å². The second kappa shape index (κ2) is 9.62. The summed E-state index contributed by atoms with van der Waals surface area (Å²) in [5, 5.41) is 9.06. The first kappa shape index (κ1) is 21.1. The average molecular weight is 412 g/mol. The van der Waals surface area contributed by atoms with Crippen molar-refractivity contribution in [2.24, 2.45) is 0 Å². The van der Waals surface area contributed by atoms with Gasteiger partial charge in [0, 0.05) is 5.69 Å². The Kier molecular flexibility index (Phi) is 7.50. The zero-order chi connectivity index (χ0) is 19.9. The number of carbonyl (C=O) groups is 1. The number of unbranched alkanes of at least 4 members (excludes halogenated alkanes) is 3. The standard InChI is InChI=1S/C19H22ClNO5S/c1-2-3-4-5-12-26-15-8-6-14(7-9-15)21-27(24,25)16-10-11-18(20)17(13-16)19(22)23/h6-11,13,21H,2-5,12H2,1H3,(H,22,23). The highest BCUT2D eigenvalue weighted by Crippen LogP contribution is 2.23. The number of nitrogens with one attached hydrogen (secondary N) is 1. The van der Waals surface area contributed by atoms with Gasteiger partial charge in [0.2, 0.25) is 0 Å². The molecule has 0 radical (unpaired) electrons. The van der Waals surface area contributed by atoms with E-state index in [0.29, 0.717) is 18.0 Å². The molecule has 2 rings (SSSR count). The van der Waals surface area contributed by atoms with E-state index < -0.39 is 16.0 Å². The minimum atomic E-state index is -3.94. The Morgan fingerprint density at radius 1 is 1.11 bits per heavy atom. The second-order valence-corrected chi connectivity index (χ2v) is 8.08. The number of ether oxygens (including phenoxy) is 1. The van der Waals surface area contributed by atoms with E-state index in [1.165, 1.54) is 18.6 Å². The summed E-state index contributed by atoms with van der Waals surface area (Å²) in [7, 11) is -3.94. The van der Waals surface area contributed by atoms with Crippen LogP contribution in [0.5, 0.6) is 5.75 Å². The van der Waals surface area contributed by atoms with Gasteiger partial charge < -0.3 is 9.84 Å². The van der Waals surface area contributed by atoms with Crippen molar-refractivity contribution in [1.82, 2.24) is 0 Å². The molecule has 2 aromatic rings. The highest BCUT2D eigenvalue weighted by molar-refractivity contribution is 7.92. The molecule has 2 N–H and O–H groups in total. The predicted molar refractivity (Wildman–Crippen MR) is 105 cm³/mol. The van der Waals surface area contributed by atoms with Crippen LogP contribution in [0, 0.1) is 0 Å². The lowest BCUT2D eigenvalue weighted by atomic mass is 10.2. The average Bonchev–Trinajstić information content (AvgIpc) is 2.62. The van der Waals surface area contributed by atoms with Crippen molar-refractivity contribution in [3.8, 4) is 5.75 Å². The minimum Gasteiger partial charge on any atom is -0.494 e. The van der Waals surface area contributed by atoms with Gasteiger partial charge in [0.15, 0.2) is 0 Å². The third-order valence-corrected chi connectivity index (χ3v) is 5.56. The van der Waals surface area contributed by atoms with Gasteiger partial charge in [0.05, 0.1) is 22.1 Å². The Bertz CT molecular complexity index is 881. The van der Waals surface area contributed by atoms with Gasteiger partial charge >= 0.3 is 5.97 Å². The molecule has 0 aliphatic rings. The van der Waals surface area contributed by atoms with Crippen LogP contribution in [-0.2, 0) is 10.0 Å². The first-order valence-corrected chi connectivity index (χ1v) is 10.5. The smallest absolute Gasteiger partial charge is 0.337 e. The summed E-state index contributed by atoms with van der Waals surface area (Å²) in [4.78, 5) is 10.9. The van der Waals surface area contributed by atoms with Crippen LogP contribution in [0.25, 0.3) is 0 Å². The molecule has 0 aliphatic heterocycles. The molecule has 0 amide bonds. The zero-order valence-electron chi connectivity index (χ0n) is 14.9. The summed E-state index contributed by atoms with van der Waals surface area (Å²) in [6, 6.07) is 10.1. The molecule has 0 fully saturated rings. The summed E-state index contributed by atoms with van der Waals surface area (Å²) in [6.07, 6.45) is 4.44. The molecule has 0 spiro atoms. The van der Waals surface area contributed by atoms with Crippen LogP contribution in [0.4, 0.5) is 5.69 Å². The maximum atomic E-state index is 12.5. The number of rotatable bonds is 10. The molecule has 146 valence electrons. The monoisotopic (exact) mass is 411 g/mol. The number of hydrogen-bond donors (Lipinski definition) is 2. The molecule has 8 heteroatoms. The molecule has 0 saturated carbocycles. The summed E-state index contributed by atoms with van der Waals surface area (Å²) in [5.41, 5.74) is 0.0755. The molecule has 0 aliphatic carbocycles. The highest BCUT2D eigenvalue weighted by atomic mass is 35.5. The van der Waals surface area contributed by atoms with E-state index in [4.69, 9.17) is 21.4 Å². The first-order chi connectivity index (χ1) is 12.8. The third-order valence-electron chi connectivity index (χ3n) is 3.85. The Hall–Kier alpha value is -2.25. The zero-order valence-corrected chi connectivity index (χ0v) is 16.5. The number of benzene rings is 2. The molecule has 0 saturated heterocycles. The third kappa shape index (κ3) is 6.15. The lowest BCUT2D eigenvalue weighted by Crippen LogP contribution is -2.14. The largest absolute Gasteiger partial charge is 0.494 e. The van der Waals surface area contributed by atoms with Crippen molar-refractivity contribution in [2.45, 2.75) is 37.5 Å². The number of carboxylic acids is 1. The molecule has 0 heterocycles. The van der Waals surface area contributed by atoms with Crippen molar-refractivity contribution >= 4 is 33.3 Å². The lowest BCUT2D eigenvalue weighted by Gasteiger charge is -2.11. The van der Waals surface area contributed by atoms with E-state index in [0.717, 1.165) is 25.3 Å². The number of anilines is 1. The molecular weight excluding hydrogens is 390 g/mol. The highest BCUT2D eigenvalue weighted by Gasteiger charge is 2.18. The fourth-order valence-corrected chi connectivity index (χ4v) is 3.67. The fourth-order valence-electron chi connectivity index (χ4n) is 2.39. The van der Waals surface area contributed by atoms with Crippen molar-refractivity contribution in [2.75, 3.05) is 11.3 Å². The molecule has 6 nitrogen and oxygen atoms in total. The molecule has 27 heavy (non-hydrogen) atoms. The van der Waals surface area contributed by atoms with Crippen molar-refractivity contribution < 1.29 is 23.1 Å². The summed E-state index contributed by atoms with van der Waals surface area (Å²) >= 11 is 5.78. The van der Waals surface area contributed by atoms with E-state index in [-0.39, 0.29) is 15.5 Å². The number of carboxylic acid groups (broad SMARTS) is 1. The van der Waals surface area contributed by atoms with Crippen LogP contribution in [0.2, 0.25) is 5.02 Å². The summed E-state index contributed by atoms with van der Waals surface area (Å²) < 4.78 is 33.0. The van der Waals surface area contributed by atoms with E-state index in [1.807, 2.05) is 0 Å². The Morgan fingerprint density at radius 2 is 1.81 bits per heavy atom. The van der Waals surface area contributed by atoms with Gasteiger partial charge in [0.25, 0.3) is 10.0 Å². The summed E-state index contributed by atoms with van der Waals surface area (Å²) in [5.74, 6) is -0.633. The van der Waals surface area contributed by atoms with Gasteiger partial charge in [-0.2, -0.15) is 0 Å². The van der Waals surface area contributed by atoms with E-state index in [2.05, 4.69) is 11.6 Å². The number of halogens is 1. The Morgan fingerprint density at radius 3 is 2.44 bits per heavy atom. The van der Waals surface area contributed by atoms with Crippen LogP contribution in [0.1, 0.15) is 43.0 Å². The van der Waals surface area contributed by atoms with Crippen LogP contribution >= 0.6 is 11.6 Å². The molecule has 2 aromatic carbocycles. The second-order valence-electron chi connectivity index (χ2n) is 5.99.